The van der Waals surface area contributed by atoms with E-state index in [1.54, 1.807) is 19.9 Å². The number of rotatable bonds is 4. The summed E-state index contributed by atoms with van der Waals surface area (Å²) >= 11 is 0. The molecule has 0 aliphatic heterocycles. The Morgan fingerprint density at radius 3 is 2.48 bits per heavy atom. The van der Waals surface area contributed by atoms with Gasteiger partial charge in [0.05, 0.1) is 0 Å². The maximum atomic E-state index is 12.2. The lowest BCUT2D eigenvalue weighted by Crippen LogP contribution is -2.44. The van der Waals surface area contributed by atoms with E-state index in [4.69, 9.17) is 5.11 Å². The number of carboxylic acids is 1. The highest BCUT2D eigenvalue weighted by atomic mass is 16.4. The van der Waals surface area contributed by atoms with Gasteiger partial charge in [0.25, 0.3) is 5.91 Å². The third-order valence-corrected chi connectivity index (χ3v) is 3.81. The van der Waals surface area contributed by atoms with Crippen molar-refractivity contribution in [2.24, 2.45) is 5.92 Å². The van der Waals surface area contributed by atoms with E-state index in [-0.39, 0.29) is 5.92 Å². The molecule has 0 aliphatic rings. The van der Waals surface area contributed by atoms with Gasteiger partial charge in [-0.3, -0.25) is 4.79 Å². The molecular weight excluding hydrogens is 268 g/mol. The van der Waals surface area contributed by atoms with E-state index in [1.165, 1.54) is 0 Å². The van der Waals surface area contributed by atoms with Crippen LogP contribution in [0.5, 0.6) is 0 Å². The first-order valence-corrected chi connectivity index (χ1v) is 6.94. The number of aliphatic carboxylic acids is 1. The van der Waals surface area contributed by atoms with E-state index in [2.05, 4.69) is 10.3 Å². The lowest BCUT2D eigenvalue weighted by molar-refractivity contribution is -0.140. The number of carbonyl (C=O) groups is 2. The van der Waals surface area contributed by atoms with Crippen LogP contribution in [0.15, 0.2) is 18.2 Å². The van der Waals surface area contributed by atoms with Crippen molar-refractivity contribution in [2.45, 2.75) is 33.7 Å². The first-order valence-electron chi connectivity index (χ1n) is 6.94. The highest BCUT2D eigenvalue weighted by molar-refractivity contribution is 6.00. The summed E-state index contributed by atoms with van der Waals surface area (Å²) < 4.78 is 0. The van der Waals surface area contributed by atoms with Gasteiger partial charge < -0.3 is 15.4 Å². The Morgan fingerprint density at radius 1 is 1.24 bits per heavy atom. The van der Waals surface area contributed by atoms with Gasteiger partial charge in [0.1, 0.15) is 11.7 Å². The fraction of sp³-hybridized carbons (Fsp3) is 0.375. The van der Waals surface area contributed by atoms with Gasteiger partial charge in [-0.1, -0.05) is 19.9 Å². The number of hydrogen-bond acceptors (Lipinski definition) is 2. The van der Waals surface area contributed by atoms with Crippen molar-refractivity contribution in [3.8, 4) is 0 Å². The summed E-state index contributed by atoms with van der Waals surface area (Å²) in [6.07, 6.45) is 0. The van der Waals surface area contributed by atoms with Crippen LogP contribution >= 0.6 is 0 Å². The number of aromatic amines is 1. The largest absolute Gasteiger partial charge is 0.480 e. The second-order valence-electron chi connectivity index (χ2n) is 5.69. The first kappa shape index (κ1) is 15.1. The van der Waals surface area contributed by atoms with Crippen LogP contribution in [0, 0.1) is 19.8 Å². The average Bonchev–Trinajstić information content (AvgIpc) is 2.84. The van der Waals surface area contributed by atoms with Crippen LogP contribution in [0.25, 0.3) is 10.9 Å². The highest BCUT2D eigenvalue weighted by Crippen LogP contribution is 2.22. The van der Waals surface area contributed by atoms with E-state index in [1.807, 2.05) is 26.0 Å². The zero-order valence-electron chi connectivity index (χ0n) is 12.7. The fourth-order valence-corrected chi connectivity index (χ4v) is 2.31. The second kappa shape index (κ2) is 5.60. The van der Waals surface area contributed by atoms with Gasteiger partial charge in [-0.05, 0) is 43.0 Å². The minimum Gasteiger partial charge on any atom is -0.480 e. The number of amides is 1. The topological polar surface area (TPSA) is 82.2 Å². The van der Waals surface area contributed by atoms with Crippen molar-refractivity contribution >= 4 is 22.8 Å². The molecule has 2 aromatic rings. The Bertz CT molecular complexity index is 701. The molecule has 0 aliphatic carbocycles. The number of benzene rings is 1. The lowest BCUT2D eigenvalue weighted by atomic mass is 10.0. The van der Waals surface area contributed by atoms with E-state index in [9.17, 15) is 9.59 Å². The summed E-state index contributed by atoms with van der Waals surface area (Å²) in [7, 11) is 0. The summed E-state index contributed by atoms with van der Waals surface area (Å²) in [4.78, 5) is 26.4. The molecule has 1 amide bonds. The summed E-state index contributed by atoms with van der Waals surface area (Å²) in [5.74, 6) is -1.61. The second-order valence-corrected chi connectivity index (χ2v) is 5.69. The molecule has 1 unspecified atom stereocenters. The summed E-state index contributed by atoms with van der Waals surface area (Å²) in [5.41, 5.74) is 3.52. The quantitative estimate of drug-likeness (QED) is 0.808. The number of H-pyrrole nitrogens is 1. The molecular formula is C16H20N2O3. The highest BCUT2D eigenvalue weighted by Gasteiger charge is 2.24. The Balaban J connectivity index is 2.32. The van der Waals surface area contributed by atoms with Crippen molar-refractivity contribution in [1.29, 1.82) is 0 Å². The molecule has 1 heterocycles. The molecule has 0 bridgehead atoms. The molecule has 1 aromatic heterocycles. The third kappa shape index (κ3) is 2.91. The molecule has 0 spiro atoms. The number of aryl methyl sites for hydroxylation is 2. The van der Waals surface area contributed by atoms with Gasteiger partial charge in [0, 0.05) is 10.9 Å². The van der Waals surface area contributed by atoms with E-state index >= 15 is 0 Å². The molecule has 0 saturated carbocycles. The maximum absolute atomic E-state index is 12.2. The van der Waals surface area contributed by atoms with Crippen molar-refractivity contribution in [1.82, 2.24) is 10.3 Å². The van der Waals surface area contributed by atoms with Gasteiger partial charge in [-0.2, -0.15) is 0 Å². The SMILES string of the molecule is Cc1ccc2[nH]c(C(=O)NC(C(=O)O)C(C)C)cc2c1C. The number of nitrogens with one attached hydrogen (secondary N) is 2. The van der Waals surface area contributed by atoms with Crippen molar-refractivity contribution in [3.63, 3.8) is 0 Å². The Morgan fingerprint density at radius 2 is 1.90 bits per heavy atom. The predicted octanol–water partition coefficient (Wildman–Crippen LogP) is 2.62. The molecule has 3 N–H and O–H groups in total. The van der Waals surface area contributed by atoms with Gasteiger partial charge in [-0.15, -0.1) is 0 Å². The van der Waals surface area contributed by atoms with Crippen LogP contribution in [0.3, 0.4) is 0 Å². The summed E-state index contributed by atoms with van der Waals surface area (Å²) in [6, 6.07) is 4.79. The number of hydrogen-bond donors (Lipinski definition) is 3. The smallest absolute Gasteiger partial charge is 0.326 e. The molecule has 5 nitrogen and oxygen atoms in total. The zero-order chi connectivity index (χ0) is 15.7. The van der Waals surface area contributed by atoms with Crippen LogP contribution in [0.1, 0.15) is 35.5 Å². The van der Waals surface area contributed by atoms with E-state index < -0.39 is 17.9 Å². The third-order valence-electron chi connectivity index (χ3n) is 3.81. The van der Waals surface area contributed by atoms with Gasteiger partial charge in [-0.25, -0.2) is 4.79 Å². The van der Waals surface area contributed by atoms with Gasteiger partial charge in [0.2, 0.25) is 0 Å². The number of carboxylic acid groups (broad SMARTS) is 1. The molecule has 0 fully saturated rings. The van der Waals surface area contributed by atoms with E-state index in [0.717, 1.165) is 22.0 Å². The van der Waals surface area contributed by atoms with Crippen molar-refractivity contribution < 1.29 is 14.7 Å². The Labute approximate surface area is 123 Å². The zero-order valence-corrected chi connectivity index (χ0v) is 12.7. The average molecular weight is 288 g/mol. The molecule has 0 saturated heterocycles. The fourth-order valence-electron chi connectivity index (χ4n) is 2.31. The molecule has 1 aromatic carbocycles. The molecule has 2 rings (SSSR count). The minimum absolute atomic E-state index is 0.181. The van der Waals surface area contributed by atoms with Gasteiger partial charge >= 0.3 is 5.97 Å². The number of fused-ring (bicyclic) bond motifs is 1. The predicted molar refractivity (Wildman–Crippen MR) is 81.5 cm³/mol. The molecule has 21 heavy (non-hydrogen) atoms. The normalized spacial score (nSPS) is 12.6. The molecule has 5 heteroatoms. The minimum atomic E-state index is -1.03. The molecule has 1 atom stereocenters. The maximum Gasteiger partial charge on any atom is 0.326 e. The number of aromatic nitrogens is 1. The van der Waals surface area contributed by atoms with Crippen molar-refractivity contribution in [2.75, 3.05) is 0 Å². The summed E-state index contributed by atoms with van der Waals surface area (Å²) in [5, 5.41) is 12.7. The van der Waals surface area contributed by atoms with Crippen LogP contribution in [0.2, 0.25) is 0 Å². The van der Waals surface area contributed by atoms with E-state index in [0.29, 0.717) is 5.69 Å². The van der Waals surface area contributed by atoms with Crippen LogP contribution in [-0.4, -0.2) is 28.0 Å². The summed E-state index contributed by atoms with van der Waals surface area (Å²) in [6.45, 7) is 7.54. The van der Waals surface area contributed by atoms with Crippen LogP contribution in [-0.2, 0) is 4.79 Å². The number of carbonyl (C=O) groups excluding carboxylic acids is 1. The molecule has 112 valence electrons. The van der Waals surface area contributed by atoms with Crippen molar-refractivity contribution in [3.05, 3.63) is 35.0 Å². The first-order chi connectivity index (χ1) is 9.81. The standard InChI is InChI=1S/C16H20N2O3/c1-8(2)14(16(20)21)18-15(19)13-7-11-10(4)9(3)5-6-12(11)17-13/h5-8,14,17H,1-4H3,(H,18,19)(H,20,21). The van der Waals surface area contributed by atoms with Crippen LogP contribution in [0.4, 0.5) is 0 Å². The lowest BCUT2D eigenvalue weighted by Gasteiger charge is -2.17. The Hall–Kier alpha value is -2.30. The monoisotopic (exact) mass is 288 g/mol. The van der Waals surface area contributed by atoms with Gasteiger partial charge in [0.15, 0.2) is 0 Å². The van der Waals surface area contributed by atoms with Crippen LogP contribution < -0.4 is 5.32 Å². The molecule has 0 radical (unpaired) electrons. The Kier molecular flexibility index (Phi) is 4.02.